The molecule has 0 saturated carbocycles. The van der Waals surface area contributed by atoms with E-state index >= 15 is 0 Å². The maximum absolute atomic E-state index is 9.64. The number of nitrogens with zero attached hydrogens (tertiary/aromatic N) is 3. The van der Waals surface area contributed by atoms with E-state index in [0.717, 1.165) is 35.8 Å². The number of fused-ring (bicyclic) bond motifs is 1. The molecule has 1 aromatic carbocycles. The Hall–Kier alpha value is -2.54. The summed E-state index contributed by atoms with van der Waals surface area (Å²) >= 11 is 0. The number of anilines is 2. The van der Waals surface area contributed by atoms with E-state index in [-0.39, 0.29) is 12.9 Å². The zero-order valence-electron chi connectivity index (χ0n) is 12.6. The molecule has 2 aliphatic heterocycles. The van der Waals surface area contributed by atoms with Crippen LogP contribution in [-0.2, 0) is 6.54 Å². The Labute approximate surface area is 133 Å². The van der Waals surface area contributed by atoms with Gasteiger partial charge < -0.3 is 24.8 Å². The molecular formula is C16H18N4O3. The number of rotatable bonds is 4. The zero-order valence-corrected chi connectivity index (χ0v) is 12.6. The molecule has 1 atom stereocenters. The molecule has 1 aromatic heterocycles. The average Bonchev–Trinajstić information content (AvgIpc) is 3.21. The number of β-amino-alcohol motifs (C(OH)–C–C–N with tert-alkyl or cyclic N) is 1. The van der Waals surface area contributed by atoms with Gasteiger partial charge in [-0.15, -0.1) is 0 Å². The van der Waals surface area contributed by atoms with Crippen molar-refractivity contribution in [3.8, 4) is 11.5 Å². The van der Waals surface area contributed by atoms with Crippen LogP contribution >= 0.6 is 0 Å². The largest absolute Gasteiger partial charge is 0.454 e. The van der Waals surface area contributed by atoms with Gasteiger partial charge in [0.2, 0.25) is 12.7 Å². The number of hydrogen-bond donors (Lipinski definition) is 2. The van der Waals surface area contributed by atoms with Crippen LogP contribution in [-0.4, -0.2) is 41.1 Å². The second-order valence-corrected chi connectivity index (χ2v) is 5.67. The van der Waals surface area contributed by atoms with Gasteiger partial charge in [-0.2, -0.15) is 4.98 Å². The molecule has 7 nitrogen and oxygen atoms in total. The number of hydrogen-bond acceptors (Lipinski definition) is 7. The van der Waals surface area contributed by atoms with Crippen LogP contribution in [0.15, 0.2) is 30.5 Å². The van der Waals surface area contributed by atoms with Crippen molar-refractivity contribution in [2.45, 2.75) is 19.1 Å². The second kappa shape index (κ2) is 5.92. The highest BCUT2D eigenvalue weighted by atomic mass is 16.7. The Morgan fingerprint density at radius 3 is 3.04 bits per heavy atom. The van der Waals surface area contributed by atoms with Crippen LogP contribution in [0.3, 0.4) is 0 Å². The standard InChI is InChI=1S/C16H18N4O3/c21-12-4-6-20(9-12)15-3-5-17-16(19-15)18-8-11-1-2-13-14(7-11)23-10-22-13/h1-3,5,7,12,21H,4,6,8-10H2,(H,17,18,19). The van der Waals surface area contributed by atoms with Crippen molar-refractivity contribution in [1.29, 1.82) is 0 Å². The fraction of sp³-hybridized carbons (Fsp3) is 0.375. The third-order valence-corrected chi connectivity index (χ3v) is 4.02. The van der Waals surface area contributed by atoms with Gasteiger partial charge in [0.1, 0.15) is 5.82 Å². The van der Waals surface area contributed by atoms with Crippen LogP contribution < -0.4 is 19.7 Å². The fourth-order valence-electron chi connectivity index (χ4n) is 2.79. The van der Waals surface area contributed by atoms with Gasteiger partial charge in [-0.05, 0) is 30.2 Å². The first kappa shape index (κ1) is 14.1. The van der Waals surface area contributed by atoms with Gasteiger partial charge in [0.25, 0.3) is 0 Å². The number of aliphatic hydroxyl groups excluding tert-OH is 1. The summed E-state index contributed by atoms with van der Waals surface area (Å²) in [5.74, 6) is 2.95. The molecule has 7 heteroatoms. The molecule has 23 heavy (non-hydrogen) atoms. The molecule has 1 unspecified atom stereocenters. The van der Waals surface area contributed by atoms with E-state index in [2.05, 4.69) is 20.2 Å². The van der Waals surface area contributed by atoms with E-state index < -0.39 is 0 Å². The van der Waals surface area contributed by atoms with E-state index in [0.29, 0.717) is 19.0 Å². The lowest BCUT2D eigenvalue weighted by Gasteiger charge is -2.17. The molecule has 0 bridgehead atoms. The summed E-state index contributed by atoms with van der Waals surface area (Å²) in [6.07, 6.45) is 2.24. The van der Waals surface area contributed by atoms with Crippen molar-refractivity contribution >= 4 is 11.8 Å². The van der Waals surface area contributed by atoms with Crippen LogP contribution in [0.4, 0.5) is 11.8 Å². The quantitative estimate of drug-likeness (QED) is 0.882. The van der Waals surface area contributed by atoms with Crippen LogP contribution in [0.1, 0.15) is 12.0 Å². The van der Waals surface area contributed by atoms with Gasteiger partial charge in [0, 0.05) is 25.8 Å². The van der Waals surface area contributed by atoms with Crippen molar-refractivity contribution in [2.75, 3.05) is 30.1 Å². The fourth-order valence-corrected chi connectivity index (χ4v) is 2.79. The van der Waals surface area contributed by atoms with Gasteiger partial charge in [0.05, 0.1) is 6.10 Å². The molecule has 0 radical (unpaired) electrons. The second-order valence-electron chi connectivity index (χ2n) is 5.67. The normalized spacial score (nSPS) is 19.2. The summed E-state index contributed by atoms with van der Waals surface area (Å²) in [7, 11) is 0. The molecule has 1 saturated heterocycles. The van der Waals surface area contributed by atoms with Gasteiger partial charge in [-0.3, -0.25) is 0 Å². The molecule has 1 fully saturated rings. The van der Waals surface area contributed by atoms with Gasteiger partial charge in [0.15, 0.2) is 11.5 Å². The number of aliphatic hydroxyl groups is 1. The summed E-state index contributed by atoms with van der Waals surface area (Å²) < 4.78 is 10.7. The minimum atomic E-state index is -0.269. The van der Waals surface area contributed by atoms with Gasteiger partial charge in [-0.25, -0.2) is 4.98 Å². The van der Waals surface area contributed by atoms with E-state index in [4.69, 9.17) is 9.47 Å². The van der Waals surface area contributed by atoms with E-state index in [9.17, 15) is 5.11 Å². The van der Waals surface area contributed by atoms with Crippen molar-refractivity contribution < 1.29 is 14.6 Å². The van der Waals surface area contributed by atoms with Crippen molar-refractivity contribution in [1.82, 2.24) is 9.97 Å². The van der Waals surface area contributed by atoms with Crippen molar-refractivity contribution in [3.63, 3.8) is 0 Å². The lowest BCUT2D eigenvalue weighted by Crippen LogP contribution is -2.22. The minimum Gasteiger partial charge on any atom is -0.454 e. The maximum atomic E-state index is 9.64. The van der Waals surface area contributed by atoms with Crippen LogP contribution in [0.2, 0.25) is 0 Å². The summed E-state index contributed by atoms with van der Waals surface area (Å²) in [6.45, 7) is 2.32. The topological polar surface area (TPSA) is 79.7 Å². The van der Waals surface area contributed by atoms with Gasteiger partial charge >= 0.3 is 0 Å². The van der Waals surface area contributed by atoms with Crippen LogP contribution in [0, 0.1) is 0 Å². The SMILES string of the molecule is OC1CCN(c2ccnc(NCc3ccc4c(c3)OCO4)n2)C1. The number of ether oxygens (including phenoxy) is 2. The smallest absolute Gasteiger partial charge is 0.231 e. The first-order valence-corrected chi connectivity index (χ1v) is 7.66. The Morgan fingerprint density at radius 2 is 2.17 bits per heavy atom. The monoisotopic (exact) mass is 314 g/mol. The highest BCUT2D eigenvalue weighted by Gasteiger charge is 2.21. The lowest BCUT2D eigenvalue weighted by molar-refractivity contribution is 0.174. The Bertz CT molecular complexity index is 709. The maximum Gasteiger partial charge on any atom is 0.231 e. The molecule has 0 amide bonds. The molecule has 2 N–H and O–H groups in total. The van der Waals surface area contributed by atoms with E-state index in [1.54, 1.807) is 6.20 Å². The molecule has 0 spiro atoms. The van der Waals surface area contributed by atoms with Gasteiger partial charge in [-0.1, -0.05) is 6.07 Å². The first-order valence-electron chi connectivity index (χ1n) is 7.66. The van der Waals surface area contributed by atoms with Crippen molar-refractivity contribution in [3.05, 3.63) is 36.0 Å². The van der Waals surface area contributed by atoms with E-state index in [1.807, 2.05) is 24.3 Å². The summed E-state index contributed by atoms with van der Waals surface area (Å²) in [4.78, 5) is 10.8. The Morgan fingerprint density at radius 1 is 1.26 bits per heavy atom. The predicted octanol–water partition coefficient (Wildman–Crippen LogP) is 1.39. The minimum absolute atomic E-state index is 0.269. The number of aromatic nitrogens is 2. The van der Waals surface area contributed by atoms with Crippen LogP contribution in [0.25, 0.3) is 0 Å². The molecule has 4 rings (SSSR count). The van der Waals surface area contributed by atoms with Crippen molar-refractivity contribution in [2.24, 2.45) is 0 Å². The predicted molar refractivity (Wildman–Crippen MR) is 84.8 cm³/mol. The Balaban J connectivity index is 1.43. The zero-order chi connectivity index (χ0) is 15.6. The average molecular weight is 314 g/mol. The first-order chi connectivity index (χ1) is 11.3. The molecule has 120 valence electrons. The molecule has 2 aromatic rings. The highest BCUT2D eigenvalue weighted by molar-refractivity contribution is 5.46. The summed E-state index contributed by atoms with van der Waals surface area (Å²) in [5, 5.41) is 12.9. The number of nitrogens with one attached hydrogen (secondary N) is 1. The highest BCUT2D eigenvalue weighted by Crippen LogP contribution is 2.32. The third kappa shape index (κ3) is 3.00. The summed E-state index contributed by atoms with van der Waals surface area (Å²) in [5.41, 5.74) is 1.07. The molecule has 2 aliphatic rings. The Kier molecular flexibility index (Phi) is 3.63. The molecule has 0 aliphatic carbocycles. The lowest BCUT2D eigenvalue weighted by atomic mass is 10.2. The molecular weight excluding hydrogens is 296 g/mol. The summed E-state index contributed by atoms with van der Waals surface area (Å²) in [6, 6.07) is 7.71. The van der Waals surface area contributed by atoms with Crippen LogP contribution in [0.5, 0.6) is 11.5 Å². The molecule has 3 heterocycles. The third-order valence-electron chi connectivity index (χ3n) is 4.02. The number of benzene rings is 1. The van der Waals surface area contributed by atoms with E-state index in [1.165, 1.54) is 0 Å².